The van der Waals surface area contributed by atoms with Crippen LogP contribution in [0.2, 0.25) is 0 Å². The second kappa shape index (κ2) is 12.0. The van der Waals surface area contributed by atoms with Gasteiger partial charge in [0, 0.05) is 74.3 Å². The molecule has 0 radical (unpaired) electrons. The van der Waals surface area contributed by atoms with Crippen LogP contribution < -0.4 is 15.4 Å². The number of H-pyrrole nitrogens is 1. The Morgan fingerprint density at radius 1 is 1.08 bits per heavy atom. The second-order valence-electron chi connectivity index (χ2n) is 9.17. The number of carbonyl (C=O) groups excluding carboxylic acids is 1. The SMILES string of the molecule is CN(CCO)CCOc1ccnc(-c2ccnc(Nc3ccc4[nH]c(C(=O)N5CCNCC5)cc4c3)n2)c1. The number of likely N-dealkylation sites (N-methyl/N-ethyl adjacent to an activating group) is 1. The van der Waals surface area contributed by atoms with E-state index in [0.717, 1.165) is 29.7 Å². The van der Waals surface area contributed by atoms with Crippen molar-refractivity contribution in [2.45, 2.75) is 0 Å². The fraction of sp³-hybridized carbons (Fsp3) is 0.333. The van der Waals surface area contributed by atoms with E-state index in [4.69, 9.17) is 9.84 Å². The van der Waals surface area contributed by atoms with E-state index in [1.54, 1.807) is 18.5 Å². The standard InChI is InChI=1S/C27H32N8O3/c1-34(12-14-36)13-15-38-21-4-6-29-24(18-21)23-5-7-30-27(33-23)31-20-2-3-22-19(16-20)17-25(32-22)26(37)35-10-8-28-9-11-35/h2-7,16-18,28,32,36H,8-15H2,1H3,(H,30,31,33). The van der Waals surface area contributed by atoms with Crippen molar-refractivity contribution < 1.29 is 14.6 Å². The molecule has 4 aromatic rings. The number of benzene rings is 1. The summed E-state index contributed by atoms with van der Waals surface area (Å²) in [4.78, 5) is 33.4. The van der Waals surface area contributed by atoms with Crippen LogP contribution in [0.15, 0.2) is 54.9 Å². The van der Waals surface area contributed by atoms with Crippen LogP contribution in [0.4, 0.5) is 11.6 Å². The summed E-state index contributed by atoms with van der Waals surface area (Å²) in [7, 11) is 1.94. The number of nitrogens with zero attached hydrogens (tertiary/aromatic N) is 5. The number of carbonyl (C=O) groups is 1. The minimum absolute atomic E-state index is 0.0177. The first kappa shape index (κ1) is 25.6. The Labute approximate surface area is 220 Å². The van der Waals surface area contributed by atoms with Gasteiger partial charge in [-0.3, -0.25) is 9.78 Å². The Bertz CT molecular complexity index is 1390. The van der Waals surface area contributed by atoms with Gasteiger partial charge in [0.15, 0.2) is 0 Å². The molecule has 11 nitrogen and oxygen atoms in total. The molecule has 0 saturated carbocycles. The predicted molar refractivity (Wildman–Crippen MR) is 146 cm³/mol. The lowest BCUT2D eigenvalue weighted by molar-refractivity contribution is 0.0731. The third kappa shape index (κ3) is 6.25. The number of ether oxygens (including phenoxy) is 1. The molecule has 1 aromatic carbocycles. The van der Waals surface area contributed by atoms with Gasteiger partial charge in [-0.1, -0.05) is 0 Å². The highest BCUT2D eigenvalue weighted by Crippen LogP contribution is 2.24. The highest BCUT2D eigenvalue weighted by molar-refractivity contribution is 5.98. The van der Waals surface area contributed by atoms with Gasteiger partial charge in [0.25, 0.3) is 5.91 Å². The van der Waals surface area contributed by atoms with Gasteiger partial charge < -0.3 is 35.3 Å². The number of aliphatic hydroxyl groups excluding tert-OH is 1. The molecule has 198 valence electrons. The molecule has 1 amide bonds. The van der Waals surface area contributed by atoms with Gasteiger partial charge in [-0.15, -0.1) is 0 Å². The maximum atomic E-state index is 12.9. The zero-order chi connectivity index (χ0) is 26.3. The number of aromatic amines is 1. The van der Waals surface area contributed by atoms with Gasteiger partial charge in [-0.2, -0.15) is 0 Å². The molecule has 0 aliphatic carbocycles. The summed E-state index contributed by atoms with van der Waals surface area (Å²) < 4.78 is 5.85. The zero-order valence-electron chi connectivity index (χ0n) is 21.4. The quantitative estimate of drug-likeness (QED) is 0.250. The first-order valence-corrected chi connectivity index (χ1v) is 12.7. The van der Waals surface area contributed by atoms with Crippen LogP contribution in [0.3, 0.4) is 0 Å². The van der Waals surface area contributed by atoms with Crippen molar-refractivity contribution in [3.05, 3.63) is 60.6 Å². The number of aromatic nitrogens is 4. The maximum Gasteiger partial charge on any atom is 0.270 e. The topological polar surface area (TPSA) is 132 Å². The van der Waals surface area contributed by atoms with Crippen molar-refractivity contribution in [1.29, 1.82) is 0 Å². The first-order valence-electron chi connectivity index (χ1n) is 12.7. The fourth-order valence-electron chi connectivity index (χ4n) is 4.30. The summed E-state index contributed by atoms with van der Waals surface area (Å²) in [5.41, 5.74) is 3.63. The average Bonchev–Trinajstić information content (AvgIpc) is 3.37. The van der Waals surface area contributed by atoms with Crippen molar-refractivity contribution >= 4 is 28.4 Å². The lowest BCUT2D eigenvalue weighted by atomic mass is 10.2. The molecule has 1 saturated heterocycles. The van der Waals surface area contributed by atoms with Gasteiger partial charge in [-0.25, -0.2) is 9.97 Å². The largest absolute Gasteiger partial charge is 0.492 e. The van der Waals surface area contributed by atoms with Crippen LogP contribution in [0, 0.1) is 0 Å². The number of aliphatic hydroxyl groups is 1. The van der Waals surface area contributed by atoms with E-state index in [2.05, 4.69) is 30.6 Å². The minimum atomic E-state index is 0.0177. The highest BCUT2D eigenvalue weighted by atomic mass is 16.5. The van der Waals surface area contributed by atoms with E-state index >= 15 is 0 Å². The fourth-order valence-corrected chi connectivity index (χ4v) is 4.30. The molecule has 38 heavy (non-hydrogen) atoms. The summed E-state index contributed by atoms with van der Waals surface area (Å²) in [6.07, 6.45) is 3.37. The molecule has 0 bridgehead atoms. The summed E-state index contributed by atoms with van der Waals surface area (Å²) >= 11 is 0. The molecule has 4 heterocycles. The highest BCUT2D eigenvalue weighted by Gasteiger charge is 2.19. The van der Waals surface area contributed by atoms with E-state index in [1.807, 2.05) is 53.2 Å². The van der Waals surface area contributed by atoms with Crippen LogP contribution in [-0.2, 0) is 0 Å². The molecule has 1 fully saturated rings. The Hall–Kier alpha value is -4.06. The first-order chi connectivity index (χ1) is 18.6. The maximum absolute atomic E-state index is 12.9. The van der Waals surface area contributed by atoms with Crippen LogP contribution >= 0.6 is 0 Å². The zero-order valence-corrected chi connectivity index (χ0v) is 21.4. The van der Waals surface area contributed by atoms with E-state index in [0.29, 0.717) is 61.6 Å². The number of rotatable bonds is 10. The van der Waals surface area contributed by atoms with Crippen LogP contribution in [0.1, 0.15) is 10.5 Å². The van der Waals surface area contributed by atoms with E-state index < -0.39 is 0 Å². The van der Waals surface area contributed by atoms with Gasteiger partial charge in [0.1, 0.15) is 18.1 Å². The van der Waals surface area contributed by atoms with Gasteiger partial charge >= 0.3 is 0 Å². The molecular formula is C27H32N8O3. The lowest BCUT2D eigenvalue weighted by Gasteiger charge is -2.26. The van der Waals surface area contributed by atoms with Crippen molar-refractivity contribution in [3.8, 4) is 17.1 Å². The number of anilines is 2. The number of nitrogens with one attached hydrogen (secondary N) is 3. The molecule has 5 rings (SSSR count). The number of piperazine rings is 1. The Kier molecular flexibility index (Phi) is 8.07. The molecule has 0 unspecified atom stereocenters. The van der Waals surface area contributed by atoms with Gasteiger partial charge in [-0.05, 0) is 43.4 Å². The van der Waals surface area contributed by atoms with Crippen molar-refractivity contribution in [1.82, 2.24) is 35.1 Å². The number of pyridine rings is 1. The molecule has 4 N–H and O–H groups in total. The van der Waals surface area contributed by atoms with Crippen LogP contribution in [0.5, 0.6) is 5.75 Å². The smallest absolute Gasteiger partial charge is 0.270 e. The monoisotopic (exact) mass is 516 g/mol. The molecule has 1 aliphatic heterocycles. The molecular weight excluding hydrogens is 484 g/mol. The lowest BCUT2D eigenvalue weighted by Crippen LogP contribution is -2.46. The number of hydrogen-bond acceptors (Lipinski definition) is 9. The second-order valence-corrected chi connectivity index (χ2v) is 9.17. The van der Waals surface area contributed by atoms with Crippen molar-refractivity contribution in [2.24, 2.45) is 0 Å². The van der Waals surface area contributed by atoms with E-state index in [-0.39, 0.29) is 12.5 Å². The normalized spacial score (nSPS) is 13.7. The van der Waals surface area contributed by atoms with Crippen molar-refractivity contribution in [2.75, 3.05) is 64.8 Å². The summed E-state index contributed by atoms with van der Waals surface area (Å²) in [6, 6.07) is 13.2. The molecule has 3 aromatic heterocycles. The molecule has 11 heteroatoms. The third-order valence-corrected chi connectivity index (χ3v) is 6.38. The minimum Gasteiger partial charge on any atom is -0.492 e. The summed E-state index contributed by atoms with van der Waals surface area (Å²) in [6.45, 7) is 4.98. The number of hydrogen-bond donors (Lipinski definition) is 4. The summed E-state index contributed by atoms with van der Waals surface area (Å²) in [5.74, 6) is 1.15. The Balaban J connectivity index is 1.26. The van der Waals surface area contributed by atoms with Crippen LogP contribution in [0.25, 0.3) is 22.3 Å². The van der Waals surface area contributed by atoms with E-state index in [9.17, 15) is 4.79 Å². The van der Waals surface area contributed by atoms with Gasteiger partial charge in [0.05, 0.1) is 18.0 Å². The number of fused-ring (bicyclic) bond motifs is 1. The third-order valence-electron chi connectivity index (χ3n) is 6.38. The molecule has 0 spiro atoms. The average molecular weight is 517 g/mol. The number of amides is 1. The van der Waals surface area contributed by atoms with Crippen molar-refractivity contribution in [3.63, 3.8) is 0 Å². The Morgan fingerprint density at radius 2 is 1.92 bits per heavy atom. The molecule has 0 atom stereocenters. The molecule has 1 aliphatic rings. The van der Waals surface area contributed by atoms with Crippen LogP contribution in [-0.4, -0.2) is 100 Å². The van der Waals surface area contributed by atoms with Gasteiger partial charge in [0.2, 0.25) is 5.95 Å². The Morgan fingerprint density at radius 3 is 2.76 bits per heavy atom. The summed E-state index contributed by atoms with van der Waals surface area (Å²) in [5, 5.41) is 16.5. The van der Waals surface area contributed by atoms with E-state index in [1.165, 1.54) is 0 Å². The predicted octanol–water partition coefficient (Wildman–Crippen LogP) is 2.11.